The zero-order valence-electron chi connectivity index (χ0n) is 8.48. The van der Waals surface area contributed by atoms with Crippen LogP contribution in [0.3, 0.4) is 0 Å². The van der Waals surface area contributed by atoms with Crippen molar-refractivity contribution in [2.24, 2.45) is 0 Å². The lowest BCUT2D eigenvalue weighted by atomic mass is 10.0. The van der Waals surface area contributed by atoms with E-state index in [2.05, 4.69) is 15.5 Å². The summed E-state index contributed by atoms with van der Waals surface area (Å²) in [5.41, 5.74) is 0.641. The predicted octanol–water partition coefficient (Wildman–Crippen LogP) is 1.56. The van der Waals surface area contributed by atoms with E-state index < -0.39 is 0 Å². The predicted molar refractivity (Wildman–Crippen MR) is 55.3 cm³/mol. The highest BCUT2D eigenvalue weighted by Gasteiger charge is 2.25. The molecule has 0 saturated carbocycles. The topological polar surface area (TPSA) is 51.0 Å². The van der Waals surface area contributed by atoms with Gasteiger partial charge >= 0.3 is 0 Å². The minimum absolute atomic E-state index is 0.297. The van der Waals surface area contributed by atoms with Crippen LogP contribution in [0.4, 0.5) is 4.39 Å². The summed E-state index contributed by atoms with van der Waals surface area (Å²) in [4.78, 5) is 4.26. The Kier molecular flexibility index (Phi) is 2.18. The molecule has 0 amide bonds. The largest absolute Gasteiger partial charge is 0.339 e. The molecule has 5 heteroatoms. The van der Waals surface area contributed by atoms with Crippen LogP contribution >= 0.6 is 0 Å². The van der Waals surface area contributed by atoms with Gasteiger partial charge in [0.15, 0.2) is 0 Å². The molecule has 1 N–H and O–H groups in total. The molecule has 3 rings (SSSR count). The van der Waals surface area contributed by atoms with Crippen molar-refractivity contribution in [1.82, 2.24) is 15.5 Å². The van der Waals surface area contributed by atoms with Crippen LogP contribution in [0.25, 0.3) is 11.4 Å². The maximum Gasteiger partial charge on any atom is 0.232 e. The second-order valence-corrected chi connectivity index (χ2v) is 3.82. The Labute approximate surface area is 91.5 Å². The molecule has 82 valence electrons. The van der Waals surface area contributed by atoms with E-state index in [-0.39, 0.29) is 5.82 Å². The van der Waals surface area contributed by atoms with E-state index in [9.17, 15) is 4.39 Å². The summed E-state index contributed by atoms with van der Waals surface area (Å²) in [7, 11) is 0. The van der Waals surface area contributed by atoms with Gasteiger partial charge in [-0.25, -0.2) is 4.39 Å². The highest BCUT2D eigenvalue weighted by atomic mass is 19.1. The molecule has 0 radical (unpaired) electrons. The molecule has 0 aliphatic carbocycles. The van der Waals surface area contributed by atoms with Crippen LogP contribution in [0.5, 0.6) is 0 Å². The minimum atomic E-state index is -0.297. The number of aromatic nitrogens is 2. The molecule has 0 unspecified atom stereocenters. The van der Waals surface area contributed by atoms with Crippen LogP contribution in [-0.2, 0) is 0 Å². The van der Waals surface area contributed by atoms with E-state index in [1.807, 2.05) is 0 Å². The van der Waals surface area contributed by atoms with Crippen LogP contribution in [0.2, 0.25) is 0 Å². The van der Waals surface area contributed by atoms with E-state index in [1.165, 1.54) is 12.1 Å². The molecular formula is C11H10FN3O. The number of nitrogens with zero attached hydrogens (tertiary/aromatic N) is 2. The van der Waals surface area contributed by atoms with Crippen LogP contribution in [0, 0.1) is 5.82 Å². The molecule has 16 heavy (non-hydrogen) atoms. The number of nitrogens with one attached hydrogen (secondary N) is 1. The molecule has 1 aliphatic heterocycles. The Morgan fingerprint density at radius 2 is 2.25 bits per heavy atom. The smallest absolute Gasteiger partial charge is 0.232 e. The summed E-state index contributed by atoms with van der Waals surface area (Å²) < 4.78 is 18.1. The second kappa shape index (κ2) is 3.68. The first-order valence-electron chi connectivity index (χ1n) is 5.13. The SMILES string of the molecule is Fc1cccc(-c2noc(C3CNC3)n2)c1. The molecule has 0 atom stereocenters. The second-order valence-electron chi connectivity index (χ2n) is 3.82. The van der Waals surface area contributed by atoms with Crippen LogP contribution < -0.4 is 5.32 Å². The Morgan fingerprint density at radius 1 is 1.38 bits per heavy atom. The Bertz CT molecular complexity index is 507. The standard InChI is InChI=1S/C11H10FN3O/c12-9-3-1-2-7(4-9)10-14-11(16-15-10)8-5-13-6-8/h1-4,8,13H,5-6H2. The normalized spacial score (nSPS) is 16.1. The van der Waals surface area contributed by atoms with E-state index >= 15 is 0 Å². The highest BCUT2D eigenvalue weighted by Crippen LogP contribution is 2.22. The fourth-order valence-electron chi connectivity index (χ4n) is 1.61. The molecule has 1 aliphatic rings. The van der Waals surface area contributed by atoms with Crippen molar-refractivity contribution in [3.05, 3.63) is 36.0 Å². The quantitative estimate of drug-likeness (QED) is 0.832. The number of benzene rings is 1. The lowest BCUT2D eigenvalue weighted by Crippen LogP contribution is -2.40. The third-order valence-corrected chi connectivity index (χ3v) is 2.66. The summed E-state index contributed by atoms with van der Waals surface area (Å²) >= 11 is 0. The Hall–Kier alpha value is -1.75. The molecule has 2 aromatic rings. The van der Waals surface area contributed by atoms with E-state index in [4.69, 9.17) is 4.52 Å². The van der Waals surface area contributed by atoms with E-state index in [0.29, 0.717) is 23.2 Å². The van der Waals surface area contributed by atoms with Gasteiger partial charge in [0, 0.05) is 18.7 Å². The van der Waals surface area contributed by atoms with Gasteiger partial charge in [-0.05, 0) is 12.1 Å². The number of hydrogen-bond acceptors (Lipinski definition) is 4. The third kappa shape index (κ3) is 1.59. The Balaban J connectivity index is 1.91. The summed E-state index contributed by atoms with van der Waals surface area (Å²) in [6, 6.07) is 6.18. The molecule has 0 bridgehead atoms. The Morgan fingerprint density at radius 3 is 2.94 bits per heavy atom. The zero-order valence-corrected chi connectivity index (χ0v) is 8.48. The van der Waals surface area contributed by atoms with Gasteiger partial charge in [0.1, 0.15) is 5.82 Å². The van der Waals surface area contributed by atoms with Gasteiger partial charge in [-0.15, -0.1) is 0 Å². The summed E-state index contributed by atoms with van der Waals surface area (Å²) in [5, 5.41) is 6.98. The summed E-state index contributed by atoms with van der Waals surface area (Å²) in [5.74, 6) is 1.07. The van der Waals surface area contributed by atoms with Gasteiger partial charge in [-0.3, -0.25) is 0 Å². The highest BCUT2D eigenvalue weighted by molar-refractivity contribution is 5.53. The van der Waals surface area contributed by atoms with Crippen molar-refractivity contribution in [3.63, 3.8) is 0 Å². The first-order valence-corrected chi connectivity index (χ1v) is 5.13. The lowest BCUT2D eigenvalue weighted by Gasteiger charge is -2.22. The fraction of sp³-hybridized carbons (Fsp3) is 0.273. The minimum Gasteiger partial charge on any atom is -0.339 e. The number of rotatable bonds is 2. The van der Waals surface area contributed by atoms with Crippen molar-refractivity contribution < 1.29 is 8.91 Å². The fourth-order valence-corrected chi connectivity index (χ4v) is 1.61. The van der Waals surface area contributed by atoms with Gasteiger partial charge in [-0.2, -0.15) is 4.98 Å². The number of hydrogen-bond donors (Lipinski definition) is 1. The lowest BCUT2D eigenvalue weighted by molar-refractivity contribution is 0.308. The van der Waals surface area contributed by atoms with Crippen LogP contribution in [0.15, 0.2) is 28.8 Å². The molecular weight excluding hydrogens is 209 g/mol. The van der Waals surface area contributed by atoms with E-state index in [1.54, 1.807) is 12.1 Å². The zero-order chi connectivity index (χ0) is 11.0. The molecule has 0 spiro atoms. The van der Waals surface area contributed by atoms with Crippen LogP contribution in [0.1, 0.15) is 11.8 Å². The first kappa shape index (κ1) is 9.47. The van der Waals surface area contributed by atoms with Gasteiger partial charge in [0.2, 0.25) is 11.7 Å². The van der Waals surface area contributed by atoms with Crippen molar-refractivity contribution in [1.29, 1.82) is 0 Å². The summed E-state index contributed by atoms with van der Waals surface area (Å²) in [6.07, 6.45) is 0. The molecule has 1 aromatic carbocycles. The van der Waals surface area contributed by atoms with Crippen LogP contribution in [-0.4, -0.2) is 23.2 Å². The van der Waals surface area contributed by atoms with Crippen molar-refractivity contribution >= 4 is 0 Å². The maximum atomic E-state index is 13.0. The van der Waals surface area contributed by atoms with Crippen molar-refractivity contribution in [2.45, 2.75) is 5.92 Å². The molecule has 4 nitrogen and oxygen atoms in total. The van der Waals surface area contributed by atoms with Gasteiger partial charge < -0.3 is 9.84 Å². The third-order valence-electron chi connectivity index (χ3n) is 2.66. The van der Waals surface area contributed by atoms with Crippen molar-refractivity contribution in [2.75, 3.05) is 13.1 Å². The summed E-state index contributed by atoms with van der Waals surface area (Å²) in [6.45, 7) is 1.73. The maximum absolute atomic E-state index is 13.0. The monoisotopic (exact) mass is 219 g/mol. The first-order chi connectivity index (χ1) is 7.83. The van der Waals surface area contributed by atoms with Gasteiger partial charge in [0.05, 0.1) is 5.92 Å². The number of halogens is 1. The van der Waals surface area contributed by atoms with Crippen molar-refractivity contribution in [3.8, 4) is 11.4 Å². The molecule has 1 fully saturated rings. The van der Waals surface area contributed by atoms with Gasteiger partial charge in [0.25, 0.3) is 0 Å². The average Bonchev–Trinajstić information content (AvgIpc) is 2.64. The molecule has 1 saturated heterocycles. The molecule has 1 aromatic heterocycles. The average molecular weight is 219 g/mol. The van der Waals surface area contributed by atoms with E-state index in [0.717, 1.165) is 13.1 Å². The van der Waals surface area contributed by atoms with Gasteiger partial charge in [-0.1, -0.05) is 17.3 Å². The molecule has 2 heterocycles.